The van der Waals surface area contributed by atoms with Crippen LogP contribution in [0.2, 0.25) is 0 Å². The molecule has 2 rings (SSSR count). The zero-order valence-electron chi connectivity index (χ0n) is 16.3. The van der Waals surface area contributed by atoms with Gasteiger partial charge in [0.1, 0.15) is 0 Å². The number of alkyl halides is 6. The third kappa shape index (κ3) is 7.95. The van der Waals surface area contributed by atoms with Crippen LogP contribution < -0.4 is 10.1 Å². The van der Waals surface area contributed by atoms with Crippen molar-refractivity contribution in [3.63, 3.8) is 0 Å². The number of hydrogen-bond acceptors (Lipinski definition) is 6. The van der Waals surface area contributed by atoms with E-state index in [2.05, 4.69) is 15.3 Å². The predicted molar refractivity (Wildman–Crippen MR) is 97.2 cm³/mol. The van der Waals surface area contributed by atoms with Crippen molar-refractivity contribution in [2.24, 2.45) is 0 Å². The SMILES string of the molecule is CCOC(=O)CCCOc1cnc(NCc2cc(C(F)(F)F)cc(C(F)(F)F)c2)nc1. The molecule has 0 aliphatic heterocycles. The third-order valence-electron chi connectivity index (χ3n) is 3.83. The summed E-state index contributed by atoms with van der Waals surface area (Å²) in [4.78, 5) is 19.0. The number of ether oxygens (including phenoxy) is 2. The summed E-state index contributed by atoms with van der Waals surface area (Å²) < 4.78 is 87.5. The van der Waals surface area contributed by atoms with Gasteiger partial charge in [-0.1, -0.05) is 0 Å². The molecule has 0 amide bonds. The predicted octanol–water partition coefficient (Wildman–Crippen LogP) is 4.85. The van der Waals surface area contributed by atoms with Crippen LogP contribution in [0, 0.1) is 0 Å². The Morgan fingerprint density at radius 2 is 1.58 bits per heavy atom. The second-order valence-corrected chi connectivity index (χ2v) is 6.27. The lowest BCUT2D eigenvalue weighted by atomic mass is 10.0. The molecule has 0 atom stereocenters. The summed E-state index contributed by atoms with van der Waals surface area (Å²) >= 11 is 0. The molecule has 1 aromatic carbocycles. The first kappa shape index (κ1) is 24.2. The molecular weight excluding hydrogens is 432 g/mol. The minimum Gasteiger partial charge on any atom is -0.490 e. The standard InChI is InChI=1S/C19H19F6N3O3/c1-2-30-16(29)4-3-5-31-15-10-27-17(28-11-15)26-9-12-6-13(18(20,21)22)8-14(7-12)19(23,24)25/h6-8,10-11H,2-5,9H2,1H3,(H,26,27,28). The molecule has 0 aliphatic rings. The Morgan fingerprint density at radius 1 is 1.00 bits per heavy atom. The van der Waals surface area contributed by atoms with E-state index in [1.165, 1.54) is 12.4 Å². The fourth-order valence-corrected chi connectivity index (χ4v) is 2.42. The Kier molecular flexibility index (Phi) is 8.06. The van der Waals surface area contributed by atoms with Gasteiger partial charge in [-0.05, 0) is 37.1 Å². The summed E-state index contributed by atoms with van der Waals surface area (Å²) in [5.41, 5.74) is -3.02. The summed E-state index contributed by atoms with van der Waals surface area (Å²) in [6, 6.07) is 1.32. The number of halogens is 6. The maximum atomic E-state index is 12.9. The van der Waals surface area contributed by atoms with Crippen LogP contribution in [0.4, 0.5) is 32.3 Å². The highest BCUT2D eigenvalue weighted by molar-refractivity contribution is 5.69. The number of nitrogens with zero attached hydrogens (tertiary/aromatic N) is 2. The molecule has 0 aliphatic carbocycles. The van der Waals surface area contributed by atoms with E-state index in [0.717, 1.165) is 0 Å². The molecule has 2 aromatic rings. The molecule has 0 unspecified atom stereocenters. The first-order chi connectivity index (χ1) is 14.5. The fourth-order valence-electron chi connectivity index (χ4n) is 2.42. The summed E-state index contributed by atoms with van der Waals surface area (Å²) in [7, 11) is 0. The molecule has 0 radical (unpaired) electrons. The van der Waals surface area contributed by atoms with Gasteiger partial charge < -0.3 is 14.8 Å². The van der Waals surface area contributed by atoms with Crippen molar-refractivity contribution >= 4 is 11.9 Å². The number of aromatic nitrogens is 2. The van der Waals surface area contributed by atoms with E-state index in [1.807, 2.05) is 0 Å². The van der Waals surface area contributed by atoms with Crippen molar-refractivity contribution in [3.05, 3.63) is 47.3 Å². The second kappa shape index (κ2) is 10.3. The molecule has 1 aromatic heterocycles. The molecule has 170 valence electrons. The van der Waals surface area contributed by atoms with E-state index in [-0.39, 0.29) is 48.9 Å². The number of anilines is 1. The minimum absolute atomic E-state index is 0.00940. The molecule has 0 saturated heterocycles. The summed E-state index contributed by atoms with van der Waals surface area (Å²) in [5, 5.41) is 2.57. The topological polar surface area (TPSA) is 73.3 Å². The van der Waals surface area contributed by atoms with E-state index < -0.39 is 23.5 Å². The Morgan fingerprint density at radius 3 is 2.10 bits per heavy atom. The van der Waals surface area contributed by atoms with Crippen molar-refractivity contribution < 1.29 is 40.6 Å². The number of carbonyl (C=O) groups is 1. The van der Waals surface area contributed by atoms with Gasteiger partial charge in [0, 0.05) is 13.0 Å². The lowest BCUT2D eigenvalue weighted by Gasteiger charge is -2.14. The quantitative estimate of drug-likeness (QED) is 0.334. The van der Waals surface area contributed by atoms with E-state index in [1.54, 1.807) is 6.92 Å². The molecule has 1 heterocycles. The van der Waals surface area contributed by atoms with Gasteiger partial charge in [0.2, 0.25) is 5.95 Å². The van der Waals surface area contributed by atoms with E-state index >= 15 is 0 Å². The van der Waals surface area contributed by atoms with Crippen LogP contribution in [0.3, 0.4) is 0 Å². The highest BCUT2D eigenvalue weighted by Gasteiger charge is 2.36. The number of carbonyl (C=O) groups excluding carboxylic acids is 1. The van der Waals surface area contributed by atoms with Crippen LogP contribution in [0.1, 0.15) is 36.5 Å². The van der Waals surface area contributed by atoms with Crippen LogP contribution in [0.25, 0.3) is 0 Å². The maximum Gasteiger partial charge on any atom is 0.416 e. The average molecular weight is 451 g/mol. The molecule has 1 N–H and O–H groups in total. The van der Waals surface area contributed by atoms with Crippen molar-refractivity contribution in [1.29, 1.82) is 0 Å². The zero-order valence-corrected chi connectivity index (χ0v) is 16.3. The van der Waals surface area contributed by atoms with E-state index in [9.17, 15) is 31.1 Å². The first-order valence-electron chi connectivity index (χ1n) is 9.11. The van der Waals surface area contributed by atoms with Crippen LogP contribution in [-0.4, -0.2) is 29.2 Å². The maximum absolute atomic E-state index is 12.9. The normalized spacial score (nSPS) is 11.8. The van der Waals surface area contributed by atoms with Gasteiger partial charge in [-0.3, -0.25) is 4.79 Å². The Hall–Kier alpha value is -3.05. The highest BCUT2D eigenvalue weighted by atomic mass is 19.4. The fraction of sp³-hybridized carbons (Fsp3) is 0.421. The van der Waals surface area contributed by atoms with E-state index in [4.69, 9.17) is 9.47 Å². The molecular formula is C19H19F6N3O3. The van der Waals surface area contributed by atoms with Gasteiger partial charge >= 0.3 is 18.3 Å². The smallest absolute Gasteiger partial charge is 0.416 e. The molecule has 31 heavy (non-hydrogen) atoms. The lowest BCUT2D eigenvalue weighted by molar-refractivity contribution is -0.144. The Labute approximate surface area is 173 Å². The summed E-state index contributed by atoms with van der Waals surface area (Å²) in [5.74, 6) is -0.0668. The van der Waals surface area contributed by atoms with Crippen LogP contribution in [0.15, 0.2) is 30.6 Å². The minimum atomic E-state index is -4.92. The largest absolute Gasteiger partial charge is 0.490 e. The highest BCUT2D eigenvalue weighted by Crippen LogP contribution is 2.36. The van der Waals surface area contributed by atoms with Gasteiger partial charge in [0.05, 0.1) is 36.7 Å². The molecule has 0 fully saturated rings. The second-order valence-electron chi connectivity index (χ2n) is 6.27. The molecule has 0 bridgehead atoms. The van der Waals surface area contributed by atoms with Gasteiger partial charge in [-0.2, -0.15) is 26.3 Å². The molecule has 0 spiro atoms. The summed E-state index contributed by atoms with van der Waals surface area (Å²) in [6.45, 7) is 1.84. The Balaban J connectivity index is 1.95. The number of esters is 1. The van der Waals surface area contributed by atoms with E-state index in [0.29, 0.717) is 25.2 Å². The van der Waals surface area contributed by atoms with Crippen molar-refractivity contribution in [1.82, 2.24) is 9.97 Å². The third-order valence-corrected chi connectivity index (χ3v) is 3.83. The number of benzene rings is 1. The zero-order chi connectivity index (χ0) is 23.1. The molecule has 6 nitrogen and oxygen atoms in total. The number of rotatable bonds is 9. The van der Waals surface area contributed by atoms with Crippen molar-refractivity contribution in [2.75, 3.05) is 18.5 Å². The first-order valence-corrected chi connectivity index (χ1v) is 9.11. The monoisotopic (exact) mass is 451 g/mol. The van der Waals surface area contributed by atoms with Gasteiger partial charge in [0.25, 0.3) is 0 Å². The van der Waals surface area contributed by atoms with Crippen LogP contribution in [0.5, 0.6) is 5.75 Å². The number of hydrogen-bond donors (Lipinski definition) is 1. The molecule has 0 saturated carbocycles. The lowest BCUT2D eigenvalue weighted by Crippen LogP contribution is -2.13. The Bertz CT molecular complexity index is 837. The van der Waals surface area contributed by atoms with Crippen molar-refractivity contribution in [3.8, 4) is 5.75 Å². The van der Waals surface area contributed by atoms with Gasteiger partial charge in [-0.25, -0.2) is 9.97 Å². The van der Waals surface area contributed by atoms with Gasteiger partial charge in [0.15, 0.2) is 5.75 Å². The number of nitrogens with one attached hydrogen (secondary N) is 1. The summed E-state index contributed by atoms with van der Waals surface area (Å²) in [6.07, 6.45) is -6.67. The average Bonchev–Trinajstić information content (AvgIpc) is 2.69. The van der Waals surface area contributed by atoms with Crippen LogP contribution >= 0.6 is 0 Å². The van der Waals surface area contributed by atoms with Gasteiger partial charge in [-0.15, -0.1) is 0 Å². The molecule has 12 heteroatoms. The van der Waals surface area contributed by atoms with Crippen LogP contribution in [-0.2, 0) is 28.4 Å². The van der Waals surface area contributed by atoms with Crippen molar-refractivity contribution in [2.45, 2.75) is 38.7 Å².